The molecule has 0 saturated heterocycles. The molecule has 0 radical (unpaired) electrons. The molecule has 0 aliphatic heterocycles. The molecule has 1 atom stereocenters. The minimum atomic E-state index is -2.87. The molecular formula is C8H18ClNO2S. The smallest absolute Gasteiger partial charge is 0.148 e. The lowest BCUT2D eigenvalue weighted by molar-refractivity contribution is 0.392. The van der Waals surface area contributed by atoms with Gasteiger partial charge in [0.25, 0.3) is 0 Å². The van der Waals surface area contributed by atoms with E-state index in [-0.39, 0.29) is 11.3 Å². The van der Waals surface area contributed by atoms with Crippen LogP contribution in [0.25, 0.3) is 0 Å². The fourth-order valence-electron chi connectivity index (χ4n) is 0.805. The molecule has 0 aromatic carbocycles. The molecule has 1 unspecified atom stereocenters. The van der Waals surface area contributed by atoms with Gasteiger partial charge >= 0.3 is 0 Å². The van der Waals surface area contributed by atoms with Crippen molar-refractivity contribution in [2.24, 2.45) is 0 Å². The van der Waals surface area contributed by atoms with Gasteiger partial charge in [0.05, 0.1) is 5.75 Å². The number of hydrogen-bond acceptors (Lipinski definition) is 3. The molecule has 1 N–H and O–H groups in total. The van der Waals surface area contributed by atoms with Gasteiger partial charge < -0.3 is 5.32 Å². The summed E-state index contributed by atoms with van der Waals surface area (Å²) in [6.45, 7) is 4.48. The Morgan fingerprint density at radius 2 is 2.00 bits per heavy atom. The Kier molecular flexibility index (Phi) is 5.25. The van der Waals surface area contributed by atoms with Gasteiger partial charge in [0.15, 0.2) is 0 Å². The second-order valence-corrected chi connectivity index (χ2v) is 6.13. The molecule has 0 saturated carbocycles. The van der Waals surface area contributed by atoms with Gasteiger partial charge in [-0.3, -0.25) is 0 Å². The van der Waals surface area contributed by atoms with E-state index in [1.165, 1.54) is 6.26 Å². The van der Waals surface area contributed by atoms with Crippen LogP contribution >= 0.6 is 11.6 Å². The van der Waals surface area contributed by atoms with E-state index in [4.69, 9.17) is 11.6 Å². The summed E-state index contributed by atoms with van der Waals surface area (Å²) in [6, 6.07) is 0. The molecule has 80 valence electrons. The number of hydrogen-bond donors (Lipinski definition) is 1. The van der Waals surface area contributed by atoms with Gasteiger partial charge in [-0.1, -0.05) is 6.92 Å². The predicted molar refractivity (Wildman–Crippen MR) is 57.1 cm³/mol. The fourth-order valence-corrected chi connectivity index (χ4v) is 1.56. The van der Waals surface area contributed by atoms with Crippen LogP contribution in [0.3, 0.4) is 0 Å². The number of halogens is 1. The lowest BCUT2D eigenvalue weighted by Gasteiger charge is -2.26. The van der Waals surface area contributed by atoms with E-state index in [1.54, 1.807) is 0 Å². The average molecular weight is 228 g/mol. The highest BCUT2D eigenvalue weighted by atomic mass is 35.5. The normalized spacial score (nSPS) is 16.9. The van der Waals surface area contributed by atoms with Gasteiger partial charge in [0.2, 0.25) is 0 Å². The molecule has 0 aromatic rings. The van der Waals surface area contributed by atoms with Gasteiger partial charge in [0.1, 0.15) is 9.84 Å². The largest absolute Gasteiger partial charge is 0.309 e. The third kappa shape index (κ3) is 6.29. The molecule has 5 heteroatoms. The SMILES string of the molecule is CCC(C)(CCl)NCCS(C)(=O)=O. The first-order valence-corrected chi connectivity index (χ1v) is 6.91. The number of rotatable bonds is 6. The van der Waals surface area contributed by atoms with Gasteiger partial charge in [-0.05, 0) is 13.3 Å². The van der Waals surface area contributed by atoms with E-state index >= 15 is 0 Å². The summed E-state index contributed by atoms with van der Waals surface area (Å²) in [4.78, 5) is 0. The van der Waals surface area contributed by atoms with Crippen LogP contribution in [0, 0.1) is 0 Å². The number of nitrogens with one attached hydrogen (secondary N) is 1. The van der Waals surface area contributed by atoms with E-state index in [2.05, 4.69) is 5.32 Å². The maximum absolute atomic E-state index is 10.8. The van der Waals surface area contributed by atoms with Crippen LogP contribution in [0.15, 0.2) is 0 Å². The third-order valence-corrected chi connectivity index (χ3v) is 3.64. The zero-order valence-electron chi connectivity index (χ0n) is 8.43. The Morgan fingerprint density at radius 1 is 1.46 bits per heavy atom. The van der Waals surface area contributed by atoms with Gasteiger partial charge in [-0.15, -0.1) is 11.6 Å². The van der Waals surface area contributed by atoms with Gasteiger partial charge in [-0.2, -0.15) is 0 Å². The quantitative estimate of drug-likeness (QED) is 0.690. The van der Waals surface area contributed by atoms with Crippen molar-refractivity contribution >= 4 is 21.4 Å². The van der Waals surface area contributed by atoms with Crippen LogP contribution in [0.4, 0.5) is 0 Å². The van der Waals surface area contributed by atoms with Crippen molar-refractivity contribution in [3.8, 4) is 0 Å². The van der Waals surface area contributed by atoms with Crippen molar-refractivity contribution in [2.45, 2.75) is 25.8 Å². The topological polar surface area (TPSA) is 46.2 Å². The summed E-state index contributed by atoms with van der Waals surface area (Å²) in [5.74, 6) is 0.659. The second-order valence-electron chi connectivity index (χ2n) is 3.60. The number of sulfone groups is 1. The molecule has 0 aromatic heterocycles. The van der Waals surface area contributed by atoms with Crippen molar-refractivity contribution in [3.05, 3.63) is 0 Å². The summed E-state index contributed by atoms with van der Waals surface area (Å²) in [7, 11) is -2.87. The molecule has 0 aliphatic carbocycles. The molecule has 0 rings (SSSR count). The van der Waals surface area contributed by atoms with E-state index in [9.17, 15) is 8.42 Å². The highest BCUT2D eigenvalue weighted by Gasteiger charge is 2.19. The highest BCUT2D eigenvalue weighted by Crippen LogP contribution is 2.10. The molecule has 0 heterocycles. The van der Waals surface area contributed by atoms with Gasteiger partial charge in [-0.25, -0.2) is 8.42 Å². The summed E-state index contributed by atoms with van der Waals surface area (Å²) in [6.07, 6.45) is 2.12. The molecule has 13 heavy (non-hydrogen) atoms. The lowest BCUT2D eigenvalue weighted by Crippen LogP contribution is -2.45. The monoisotopic (exact) mass is 227 g/mol. The second kappa shape index (κ2) is 5.17. The molecule has 0 fully saturated rings. The van der Waals surface area contributed by atoms with E-state index in [0.29, 0.717) is 12.4 Å². The zero-order chi connectivity index (χ0) is 10.5. The van der Waals surface area contributed by atoms with E-state index in [0.717, 1.165) is 6.42 Å². The summed E-state index contributed by atoms with van der Waals surface area (Å²) >= 11 is 5.75. The first-order valence-electron chi connectivity index (χ1n) is 4.32. The van der Waals surface area contributed by atoms with Crippen molar-refractivity contribution in [1.82, 2.24) is 5.32 Å². The van der Waals surface area contributed by atoms with Crippen molar-refractivity contribution in [1.29, 1.82) is 0 Å². The maximum atomic E-state index is 10.8. The summed E-state index contributed by atoms with van der Waals surface area (Å²) in [5, 5.41) is 3.14. The zero-order valence-corrected chi connectivity index (χ0v) is 10.0. The summed E-state index contributed by atoms with van der Waals surface area (Å²) < 4.78 is 21.6. The Balaban J connectivity index is 3.88. The number of alkyl halides is 1. The Morgan fingerprint density at radius 3 is 2.31 bits per heavy atom. The fraction of sp³-hybridized carbons (Fsp3) is 1.00. The lowest BCUT2D eigenvalue weighted by atomic mass is 10.0. The molecule has 0 bridgehead atoms. The van der Waals surface area contributed by atoms with Gasteiger partial charge in [0, 0.05) is 24.2 Å². The predicted octanol–water partition coefficient (Wildman–Crippen LogP) is 1.03. The summed E-state index contributed by atoms with van der Waals surface area (Å²) in [5.41, 5.74) is -0.147. The van der Waals surface area contributed by atoms with Crippen molar-refractivity contribution in [3.63, 3.8) is 0 Å². The van der Waals surface area contributed by atoms with Crippen LogP contribution < -0.4 is 5.32 Å². The Bertz CT molecular complexity index is 235. The molecule has 0 amide bonds. The third-order valence-electron chi connectivity index (χ3n) is 2.10. The van der Waals surface area contributed by atoms with E-state index < -0.39 is 9.84 Å². The van der Waals surface area contributed by atoms with E-state index in [1.807, 2.05) is 13.8 Å². The van der Waals surface area contributed by atoms with Crippen LogP contribution in [0.1, 0.15) is 20.3 Å². The molecular weight excluding hydrogens is 210 g/mol. The van der Waals surface area contributed by atoms with Crippen molar-refractivity contribution < 1.29 is 8.42 Å². The van der Waals surface area contributed by atoms with Crippen LogP contribution in [-0.2, 0) is 9.84 Å². The minimum Gasteiger partial charge on any atom is -0.309 e. The average Bonchev–Trinajstić information content (AvgIpc) is 2.02. The first kappa shape index (κ1) is 13.2. The highest BCUT2D eigenvalue weighted by molar-refractivity contribution is 7.90. The standard InChI is InChI=1S/C8H18ClNO2S/c1-4-8(2,7-9)10-5-6-13(3,11)12/h10H,4-7H2,1-3H3. The first-order chi connectivity index (χ1) is 5.83. The molecule has 0 aliphatic rings. The Hall–Kier alpha value is 0.200. The van der Waals surface area contributed by atoms with Crippen molar-refractivity contribution in [2.75, 3.05) is 24.4 Å². The van der Waals surface area contributed by atoms with Crippen LogP contribution in [0.5, 0.6) is 0 Å². The Labute approximate surface area is 85.8 Å². The maximum Gasteiger partial charge on any atom is 0.148 e. The minimum absolute atomic E-state index is 0.147. The van der Waals surface area contributed by atoms with Crippen LogP contribution in [-0.4, -0.2) is 38.4 Å². The molecule has 0 spiro atoms. The molecule has 3 nitrogen and oxygen atoms in total. The van der Waals surface area contributed by atoms with Crippen LogP contribution in [0.2, 0.25) is 0 Å².